The molecule has 1 N–H and O–H groups in total. The summed E-state index contributed by atoms with van der Waals surface area (Å²) in [6.07, 6.45) is 1.04. The maximum Gasteiger partial charge on any atom is 0.234 e. The zero-order valence-corrected chi connectivity index (χ0v) is 10.0. The standard InChI is InChI=1S/C8H17N3O2S/c1-6(2)7(3)10-8(9)11(4)14(5,12)13/h6,9H,1-5H3. The van der Waals surface area contributed by atoms with Crippen LogP contribution in [0.4, 0.5) is 0 Å². The zero-order valence-electron chi connectivity index (χ0n) is 9.20. The molecule has 0 atom stereocenters. The van der Waals surface area contributed by atoms with Crippen LogP contribution in [0.15, 0.2) is 4.99 Å². The van der Waals surface area contributed by atoms with Crippen molar-refractivity contribution >= 4 is 21.7 Å². The van der Waals surface area contributed by atoms with E-state index in [9.17, 15) is 8.42 Å². The van der Waals surface area contributed by atoms with Crippen LogP contribution in [0.25, 0.3) is 0 Å². The maximum absolute atomic E-state index is 11.0. The molecule has 82 valence electrons. The van der Waals surface area contributed by atoms with Crippen molar-refractivity contribution in [2.24, 2.45) is 10.9 Å². The minimum absolute atomic E-state index is 0.211. The summed E-state index contributed by atoms with van der Waals surface area (Å²) in [6, 6.07) is 0. The minimum atomic E-state index is -3.37. The molecule has 0 bridgehead atoms. The average molecular weight is 219 g/mol. The Kier molecular flexibility index (Phi) is 4.25. The largest absolute Gasteiger partial charge is 0.266 e. The van der Waals surface area contributed by atoms with Crippen LogP contribution < -0.4 is 0 Å². The SMILES string of the molecule is CC(=NC(=N)N(C)S(C)(=O)=O)C(C)C. The minimum Gasteiger partial charge on any atom is -0.266 e. The Morgan fingerprint density at radius 2 is 1.86 bits per heavy atom. The highest BCUT2D eigenvalue weighted by Crippen LogP contribution is 2.00. The second-order valence-corrected chi connectivity index (χ2v) is 5.48. The van der Waals surface area contributed by atoms with Gasteiger partial charge in [0.2, 0.25) is 16.0 Å². The highest BCUT2D eigenvalue weighted by molar-refractivity contribution is 7.88. The summed E-state index contributed by atoms with van der Waals surface area (Å²) in [5, 5.41) is 7.43. The van der Waals surface area contributed by atoms with Crippen LogP contribution in [0, 0.1) is 11.3 Å². The lowest BCUT2D eigenvalue weighted by molar-refractivity contribution is 0.557. The summed E-state index contributed by atoms with van der Waals surface area (Å²) >= 11 is 0. The Hall–Kier alpha value is -0.910. The third-order valence-corrected chi connectivity index (χ3v) is 3.08. The molecule has 0 fully saturated rings. The van der Waals surface area contributed by atoms with Crippen molar-refractivity contribution in [3.63, 3.8) is 0 Å². The van der Waals surface area contributed by atoms with Gasteiger partial charge in [0.1, 0.15) is 0 Å². The van der Waals surface area contributed by atoms with Gasteiger partial charge in [0.15, 0.2) is 0 Å². The quantitative estimate of drug-likeness (QED) is 0.554. The van der Waals surface area contributed by atoms with E-state index < -0.39 is 10.0 Å². The van der Waals surface area contributed by atoms with Gasteiger partial charge in [-0.3, -0.25) is 5.41 Å². The van der Waals surface area contributed by atoms with Crippen LogP contribution >= 0.6 is 0 Å². The summed E-state index contributed by atoms with van der Waals surface area (Å²) in [6.45, 7) is 5.65. The molecule has 0 saturated carbocycles. The topological polar surface area (TPSA) is 73.6 Å². The molecule has 0 radical (unpaired) electrons. The van der Waals surface area contributed by atoms with Crippen LogP contribution in [0.3, 0.4) is 0 Å². The first-order chi connectivity index (χ1) is 6.16. The fourth-order valence-corrected chi connectivity index (χ4v) is 0.879. The Balaban J connectivity index is 4.76. The van der Waals surface area contributed by atoms with E-state index >= 15 is 0 Å². The Morgan fingerprint density at radius 1 is 1.43 bits per heavy atom. The van der Waals surface area contributed by atoms with Crippen LogP contribution in [0.2, 0.25) is 0 Å². The molecule has 0 heterocycles. The van der Waals surface area contributed by atoms with Gasteiger partial charge in [-0.15, -0.1) is 0 Å². The first kappa shape index (κ1) is 13.1. The Bertz CT molecular complexity index is 344. The van der Waals surface area contributed by atoms with Crippen LogP contribution in [-0.4, -0.2) is 37.7 Å². The molecule has 0 aliphatic carbocycles. The van der Waals surface area contributed by atoms with Crippen molar-refractivity contribution in [3.8, 4) is 0 Å². The molecule has 0 saturated heterocycles. The Morgan fingerprint density at radius 3 is 2.14 bits per heavy atom. The predicted octanol–water partition coefficient (Wildman–Crippen LogP) is 0.929. The molecular weight excluding hydrogens is 202 g/mol. The van der Waals surface area contributed by atoms with E-state index in [-0.39, 0.29) is 11.9 Å². The van der Waals surface area contributed by atoms with E-state index in [1.165, 1.54) is 7.05 Å². The molecule has 0 spiro atoms. The Labute approximate surface area is 85.4 Å². The van der Waals surface area contributed by atoms with Crippen molar-refractivity contribution in [2.75, 3.05) is 13.3 Å². The number of guanidine groups is 1. The van der Waals surface area contributed by atoms with Crippen LogP contribution in [0.1, 0.15) is 20.8 Å². The van der Waals surface area contributed by atoms with Crippen molar-refractivity contribution in [2.45, 2.75) is 20.8 Å². The molecule has 0 aliphatic heterocycles. The van der Waals surface area contributed by atoms with Gasteiger partial charge in [-0.25, -0.2) is 17.7 Å². The highest BCUT2D eigenvalue weighted by Gasteiger charge is 2.14. The van der Waals surface area contributed by atoms with E-state index in [2.05, 4.69) is 4.99 Å². The number of hydrogen-bond donors (Lipinski definition) is 1. The third kappa shape index (κ3) is 3.87. The second-order valence-electron chi connectivity index (χ2n) is 3.46. The zero-order chi connectivity index (χ0) is 11.5. The van der Waals surface area contributed by atoms with Gasteiger partial charge in [0.05, 0.1) is 6.26 Å². The number of rotatable bonds is 2. The lowest BCUT2D eigenvalue weighted by Gasteiger charge is -2.14. The molecule has 5 nitrogen and oxygen atoms in total. The molecule has 0 unspecified atom stereocenters. The summed E-state index contributed by atoms with van der Waals surface area (Å²) in [4.78, 5) is 3.89. The smallest absolute Gasteiger partial charge is 0.234 e. The van der Waals surface area contributed by atoms with Crippen molar-refractivity contribution < 1.29 is 8.42 Å². The molecule has 0 aliphatic rings. The highest BCUT2D eigenvalue weighted by atomic mass is 32.2. The van der Waals surface area contributed by atoms with Gasteiger partial charge in [-0.2, -0.15) is 0 Å². The molecule has 0 aromatic carbocycles. The van der Waals surface area contributed by atoms with Crippen LogP contribution in [-0.2, 0) is 10.0 Å². The normalized spacial score (nSPS) is 13.1. The van der Waals surface area contributed by atoms with E-state index in [1.807, 2.05) is 13.8 Å². The van der Waals surface area contributed by atoms with Crippen molar-refractivity contribution in [1.29, 1.82) is 5.41 Å². The lowest BCUT2D eigenvalue weighted by atomic mass is 10.1. The average Bonchev–Trinajstić information content (AvgIpc) is 2.00. The van der Waals surface area contributed by atoms with E-state index in [0.29, 0.717) is 0 Å². The number of sulfonamides is 1. The monoisotopic (exact) mass is 219 g/mol. The van der Waals surface area contributed by atoms with Gasteiger partial charge < -0.3 is 0 Å². The maximum atomic E-state index is 11.0. The van der Waals surface area contributed by atoms with Gasteiger partial charge in [-0.1, -0.05) is 13.8 Å². The first-order valence-electron chi connectivity index (χ1n) is 4.24. The molecule has 6 heteroatoms. The molecule has 0 aromatic rings. The number of hydrogen-bond acceptors (Lipinski definition) is 3. The van der Waals surface area contributed by atoms with Gasteiger partial charge in [-0.05, 0) is 12.8 Å². The third-order valence-electron chi connectivity index (χ3n) is 1.91. The number of nitrogens with one attached hydrogen (secondary N) is 1. The number of nitrogens with zero attached hydrogens (tertiary/aromatic N) is 2. The summed E-state index contributed by atoms with van der Waals surface area (Å²) in [5.74, 6) is -0.0398. The first-order valence-corrected chi connectivity index (χ1v) is 6.08. The summed E-state index contributed by atoms with van der Waals surface area (Å²) in [7, 11) is -2.06. The van der Waals surface area contributed by atoms with E-state index in [0.717, 1.165) is 16.3 Å². The second kappa shape index (κ2) is 4.54. The molecule has 14 heavy (non-hydrogen) atoms. The van der Waals surface area contributed by atoms with Gasteiger partial charge in [0, 0.05) is 12.8 Å². The van der Waals surface area contributed by atoms with Crippen LogP contribution in [0.5, 0.6) is 0 Å². The predicted molar refractivity (Wildman–Crippen MR) is 58.3 cm³/mol. The fourth-order valence-electron chi connectivity index (χ4n) is 0.524. The number of aliphatic imine (C=N–C) groups is 1. The fraction of sp³-hybridized carbons (Fsp3) is 0.750. The summed E-state index contributed by atoms with van der Waals surface area (Å²) < 4.78 is 22.9. The van der Waals surface area contributed by atoms with Gasteiger partial charge in [0.25, 0.3) is 0 Å². The van der Waals surface area contributed by atoms with E-state index in [4.69, 9.17) is 5.41 Å². The molecule has 0 rings (SSSR count). The van der Waals surface area contributed by atoms with E-state index in [1.54, 1.807) is 6.92 Å². The van der Waals surface area contributed by atoms with Crippen molar-refractivity contribution in [1.82, 2.24) is 4.31 Å². The lowest BCUT2D eigenvalue weighted by Crippen LogP contribution is -2.31. The van der Waals surface area contributed by atoms with Crippen molar-refractivity contribution in [3.05, 3.63) is 0 Å². The summed E-state index contributed by atoms with van der Waals surface area (Å²) in [5.41, 5.74) is 0.741. The molecule has 0 aromatic heterocycles. The molecular formula is C8H17N3O2S. The molecule has 0 amide bonds. The van der Waals surface area contributed by atoms with Gasteiger partial charge >= 0.3 is 0 Å².